The summed E-state index contributed by atoms with van der Waals surface area (Å²) in [5, 5.41) is 0.324. The minimum absolute atomic E-state index is 0.324. The molecule has 0 aromatic carbocycles. The molecule has 2 nitrogen and oxygen atoms in total. The van der Waals surface area contributed by atoms with E-state index in [0.29, 0.717) is 5.32 Å². The van der Waals surface area contributed by atoms with E-state index in [1.807, 2.05) is 0 Å². The predicted molar refractivity (Wildman–Crippen MR) is 50.5 cm³/mol. The summed E-state index contributed by atoms with van der Waals surface area (Å²) in [7, 11) is 0. The van der Waals surface area contributed by atoms with Crippen molar-refractivity contribution in [2.75, 3.05) is 0 Å². The molecule has 0 aromatic heterocycles. The molecule has 0 heterocycles. The van der Waals surface area contributed by atoms with Gasteiger partial charge in [-0.3, -0.25) is 0 Å². The Morgan fingerprint density at radius 3 is 2.64 bits per heavy atom. The molecule has 0 unspecified atom stereocenters. The molecule has 0 fully saturated rings. The van der Waals surface area contributed by atoms with Gasteiger partial charge in [-0.05, 0) is 0 Å². The first kappa shape index (κ1) is 11.1. The van der Waals surface area contributed by atoms with E-state index in [2.05, 4.69) is 17.9 Å². The molecule has 0 saturated carbocycles. The van der Waals surface area contributed by atoms with Crippen molar-refractivity contribution >= 4 is 9.57 Å². The van der Waals surface area contributed by atoms with E-state index >= 15 is 0 Å². The zero-order chi connectivity index (χ0) is 10.2. The summed E-state index contributed by atoms with van der Waals surface area (Å²) in [5.41, 5.74) is 1.14. The second-order valence-corrected chi connectivity index (χ2v) is 4.78. The van der Waals surface area contributed by atoms with Crippen LogP contribution in [-0.2, 0) is 22.6 Å². The Morgan fingerprint density at radius 2 is 2.07 bits per heavy atom. The Balaban J connectivity index is 2.60. The Labute approximate surface area is 87.0 Å². The van der Waals surface area contributed by atoms with Crippen LogP contribution in [0.4, 0.5) is 0 Å². The SMILES string of the molecule is O=[C]=[Fe](=[C]=O)[CH2]C#CC1=CCCCC1. The average molecular weight is 231 g/mol. The fourth-order valence-corrected chi connectivity index (χ4v) is 1.72. The number of allylic oxidation sites excluding steroid dienone is 2. The summed E-state index contributed by atoms with van der Waals surface area (Å²) in [6, 6.07) is 0. The molecule has 3 heteroatoms. The molecular weight excluding hydrogens is 220 g/mol. The van der Waals surface area contributed by atoms with Gasteiger partial charge in [-0.25, -0.2) is 0 Å². The first-order chi connectivity index (χ1) is 6.86. The Hall–Kier alpha value is -1.02. The zero-order valence-electron chi connectivity index (χ0n) is 7.78. The number of hydrogen-bond donors (Lipinski definition) is 0. The van der Waals surface area contributed by atoms with Crippen molar-refractivity contribution in [1.82, 2.24) is 0 Å². The summed E-state index contributed by atoms with van der Waals surface area (Å²) in [4.78, 5) is 23.7. The van der Waals surface area contributed by atoms with Crippen LogP contribution in [-0.4, -0.2) is 9.57 Å². The van der Waals surface area contributed by atoms with Gasteiger partial charge in [0.25, 0.3) is 0 Å². The van der Waals surface area contributed by atoms with Gasteiger partial charge < -0.3 is 0 Å². The van der Waals surface area contributed by atoms with Crippen LogP contribution in [0.15, 0.2) is 11.6 Å². The molecule has 1 aliphatic carbocycles. The van der Waals surface area contributed by atoms with Crippen LogP contribution in [0.25, 0.3) is 0 Å². The summed E-state index contributed by atoms with van der Waals surface area (Å²) >= 11 is -1.57. The van der Waals surface area contributed by atoms with E-state index in [1.54, 1.807) is 9.57 Å². The molecule has 0 spiro atoms. The van der Waals surface area contributed by atoms with Crippen molar-refractivity contribution in [1.29, 1.82) is 0 Å². The molecular formula is C11H11FeO2. The van der Waals surface area contributed by atoms with Gasteiger partial charge in [0.2, 0.25) is 0 Å². The van der Waals surface area contributed by atoms with Crippen molar-refractivity contribution in [3.63, 3.8) is 0 Å². The molecule has 0 bridgehead atoms. The zero-order valence-corrected chi connectivity index (χ0v) is 8.89. The summed E-state index contributed by atoms with van der Waals surface area (Å²) in [5.74, 6) is 5.85. The molecule has 0 aliphatic heterocycles. The van der Waals surface area contributed by atoms with Crippen LogP contribution in [0.5, 0.6) is 0 Å². The quantitative estimate of drug-likeness (QED) is 0.508. The van der Waals surface area contributed by atoms with E-state index in [1.165, 1.54) is 12.8 Å². The van der Waals surface area contributed by atoms with Gasteiger partial charge in [0.15, 0.2) is 0 Å². The van der Waals surface area contributed by atoms with Crippen LogP contribution in [0, 0.1) is 11.8 Å². The van der Waals surface area contributed by atoms with Gasteiger partial charge in [-0.1, -0.05) is 0 Å². The summed E-state index contributed by atoms with van der Waals surface area (Å²) in [6.45, 7) is 0. The van der Waals surface area contributed by atoms with Crippen LogP contribution in [0.1, 0.15) is 25.7 Å². The summed E-state index contributed by atoms with van der Waals surface area (Å²) in [6.07, 6.45) is 6.69. The van der Waals surface area contributed by atoms with Crippen molar-refractivity contribution in [2.45, 2.75) is 31.0 Å². The number of hydrogen-bond acceptors (Lipinski definition) is 2. The third kappa shape index (κ3) is 3.79. The van der Waals surface area contributed by atoms with Crippen molar-refractivity contribution in [2.24, 2.45) is 0 Å². The van der Waals surface area contributed by atoms with E-state index in [-0.39, 0.29) is 0 Å². The standard InChI is InChI=1S/C9H11.2CO.Fe/c1-2-6-9-7-4-3-5-8-9;2*1-2;/h7H,1,3-5,8H2;;;. The number of carbonyl (C=O) groups excluding carboxylic acids is 2. The van der Waals surface area contributed by atoms with Crippen molar-refractivity contribution < 1.29 is 22.6 Å². The topological polar surface area (TPSA) is 34.1 Å². The van der Waals surface area contributed by atoms with Gasteiger partial charge in [-0.15, -0.1) is 0 Å². The van der Waals surface area contributed by atoms with E-state index < -0.39 is 13.0 Å². The van der Waals surface area contributed by atoms with Crippen molar-refractivity contribution in [3.8, 4) is 11.8 Å². The molecule has 0 atom stereocenters. The third-order valence-electron chi connectivity index (χ3n) is 1.90. The van der Waals surface area contributed by atoms with Crippen LogP contribution < -0.4 is 0 Å². The Kier molecular flexibility index (Phi) is 5.08. The maximum absolute atomic E-state index is 10.2. The monoisotopic (exact) mass is 231 g/mol. The van der Waals surface area contributed by atoms with Gasteiger partial charge in [0.05, 0.1) is 0 Å². The molecule has 0 amide bonds. The summed E-state index contributed by atoms with van der Waals surface area (Å²) < 4.78 is 0. The predicted octanol–water partition coefficient (Wildman–Crippen LogP) is 1.66. The molecule has 0 N–H and O–H groups in total. The van der Waals surface area contributed by atoms with Gasteiger partial charge in [-0.2, -0.15) is 0 Å². The van der Waals surface area contributed by atoms with Crippen LogP contribution >= 0.6 is 0 Å². The second kappa shape index (κ2) is 6.44. The van der Waals surface area contributed by atoms with E-state index in [9.17, 15) is 9.59 Å². The molecule has 1 aliphatic rings. The molecule has 0 radical (unpaired) electrons. The van der Waals surface area contributed by atoms with Crippen molar-refractivity contribution in [3.05, 3.63) is 11.6 Å². The van der Waals surface area contributed by atoms with Gasteiger partial charge >= 0.3 is 86.7 Å². The van der Waals surface area contributed by atoms with Gasteiger partial charge in [0.1, 0.15) is 0 Å². The number of rotatable bonds is 1. The third-order valence-corrected chi connectivity index (χ3v) is 3.03. The Bertz CT molecular complexity index is 402. The maximum atomic E-state index is 10.2. The van der Waals surface area contributed by atoms with E-state index in [0.717, 1.165) is 18.4 Å². The fourth-order valence-electron chi connectivity index (χ4n) is 1.22. The normalized spacial score (nSPS) is 14.8. The molecule has 1 rings (SSSR count). The molecule has 0 saturated heterocycles. The van der Waals surface area contributed by atoms with E-state index in [4.69, 9.17) is 0 Å². The molecule has 14 heavy (non-hydrogen) atoms. The van der Waals surface area contributed by atoms with Gasteiger partial charge in [0, 0.05) is 0 Å². The Morgan fingerprint density at radius 1 is 1.29 bits per heavy atom. The fraction of sp³-hybridized carbons (Fsp3) is 0.455. The molecule has 0 aromatic rings. The first-order valence-electron chi connectivity index (χ1n) is 4.42. The first-order valence-corrected chi connectivity index (χ1v) is 6.30. The average Bonchev–Trinajstić information content (AvgIpc) is 2.26. The van der Waals surface area contributed by atoms with Crippen LogP contribution in [0.3, 0.4) is 0 Å². The second-order valence-electron chi connectivity index (χ2n) is 2.88. The molecule has 75 valence electrons. The minimum atomic E-state index is -1.57. The van der Waals surface area contributed by atoms with Crippen LogP contribution in [0.2, 0.25) is 5.32 Å².